The third kappa shape index (κ3) is 4.16. The van der Waals surface area contributed by atoms with Gasteiger partial charge >= 0.3 is 11.9 Å². The molecule has 0 aliphatic rings. The van der Waals surface area contributed by atoms with Crippen LogP contribution in [0, 0.1) is 0 Å². The molecular formula is C14H15BrO5. The molecule has 5 nitrogen and oxygen atoms in total. The van der Waals surface area contributed by atoms with E-state index >= 15 is 0 Å². The summed E-state index contributed by atoms with van der Waals surface area (Å²) in [7, 11) is 0. The molecule has 108 valence electrons. The Hall–Kier alpha value is -1.69. The largest absolute Gasteiger partial charge is 0.465 e. The summed E-state index contributed by atoms with van der Waals surface area (Å²) in [4.78, 5) is 35.5. The predicted octanol–water partition coefficient (Wildman–Crippen LogP) is 2.23. The first kappa shape index (κ1) is 16.4. The van der Waals surface area contributed by atoms with Gasteiger partial charge in [-0.25, -0.2) is 4.79 Å². The lowest BCUT2D eigenvalue weighted by Crippen LogP contribution is -2.31. The van der Waals surface area contributed by atoms with Crippen molar-refractivity contribution < 1.29 is 23.9 Å². The Morgan fingerprint density at radius 1 is 1.05 bits per heavy atom. The van der Waals surface area contributed by atoms with E-state index in [9.17, 15) is 14.4 Å². The van der Waals surface area contributed by atoms with Crippen molar-refractivity contribution >= 4 is 33.7 Å². The van der Waals surface area contributed by atoms with Gasteiger partial charge in [0.2, 0.25) is 0 Å². The van der Waals surface area contributed by atoms with Crippen LogP contribution in [0.4, 0.5) is 0 Å². The summed E-state index contributed by atoms with van der Waals surface area (Å²) in [6.07, 6.45) is 0. The summed E-state index contributed by atoms with van der Waals surface area (Å²) in [5.74, 6) is -4.00. The predicted molar refractivity (Wildman–Crippen MR) is 75.2 cm³/mol. The Kier molecular flexibility index (Phi) is 6.38. The topological polar surface area (TPSA) is 69.7 Å². The average Bonchev–Trinajstić information content (AvgIpc) is 2.41. The van der Waals surface area contributed by atoms with Crippen molar-refractivity contribution in [2.75, 3.05) is 13.2 Å². The Bertz CT molecular complexity index is 495. The first-order valence-electron chi connectivity index (χ1n) is 6.14. The minimum Gasteiger partial charge on any atom is -0.465 e. The van der Waals surface area contributed by atoms with Crippen LogP contribution in [-0.4, -0.2) is 30.9 Å². The second-order valence-electron chi connectivity index (χ2n) is 3.82. The minimum atomic E-state index is -1.29. The van der Waals surface area contributed by atoms with Gasteiger partial charge in [-0.05, 0) is 31.5 Å². The molecule has 0 fully saturated rings. The molecule has 0 aromatic heterocycles. The Labute approximate surface area is 125 Å². The fourth-order valence-corrected chi connectivity index (χ4v) is 1.86. The first-order valence-corrected chi connectivity index (χ1v) is 6.93. The number of carbonyl (C=O) groups excluding carboxylic acids is 3. The third-order valence-corrected chi connectivity index (χ3v) is 2.99. The molecular weight excluding hydrogens is 328 g/mol. The van der Waals surface area contributed by atoms with Gasteiger partial charge in [-0.2, -0.15) is 0 Å². The molecule has 1 aromatic carbocycles. The number of hydrogen-bond donors (Lipinski definition) is 0. The van der Waals surface area contributed by atoms with Crippen LogP contribution in [-0.2, 0) is 23.9 Å². The molecule has 0 aliphatic heterocycles. The molecule has 0 radical (unpaired) electrons. The average molecular weight is 343 g/mol. The summed E-state index contributed by atoms with van der Waals surface area (Å²) in [6.45, 7) is 3.41. The van der Waals surface area contributed by atoms with Crippen molar-refractivity contribution in [3.05, 3.63) is 34.3 Å². The number of halogens is 1. The van der Waals surface area contributed by atoms with Crippen LogP contribution in [0.3, 0.4) is 0 Å². The Morgan fingerprint density at radius 3 is 2.10 bits per heavy atom. The number of ketones is 1. The zero-order chi connectivity index (χ0) is 15.1. The molecule has 1 atom stereocenters. The Morgan fingerprint density at radius 2 is 1.60 bits per heavy atom. The molecule has 0 unspecified atom stereocenters. The van der Waals surface area contributed by atoms with Gasteiger partial charge < -0.3 is 9.47 Å². The smallest absolute Gasteiger partial charge is 0.375 e. The molecule has 0 heterocycles. The number of Topliss-reactive ketones (excluding diaryl/α,β-unsaturated/α-hetero) is 1. The molecule has 1 aromatic rings. The monoisotopic (exact) mass is 342 g/mol. The van der Waals surface area contributed by atoms with E-state index in [0.717, 1.165) is 4.47 Å². The van der Waals surface area contributed by atoms with E-state index in [4.69, 9.17) is 4.74 Å². The van der Waals surface area contributed by atoms with Crippen LogP contribution < -0.4 is 0 Å². The zero-order valence-corrected chi connectivity index (χ0v) is 12.8. The van der Waals surface area contributed by atoms with E-state index in [2.05, 4.69) is 20.7 Å². The van der Waals surface area contributed by atoms with Crippen LogP contribution in [0.5, 0.6) is 0 Å². The van der Waals surface area contributed by atoms with Crippen molar-refractivity contribution in [1.29, 1.82) is 0 Å². The number of benzene rings is 1. The maximum Gasteiger partial charge on any atom is 0.375 e. The van der Waals surface area contributed by atoms with Crippen molar-refractivity contribution in [1.82, 2.24) is 0 Å². The van der Waals surface area contributed by atoms with Crippen LogP contribution in [0.15, 0.2) is 28.7 Å². The molecule has 0 spiro atoms. The summed E-state index contributed by atoms with van der Waals surface area (Å²) in [6, 6.07) is 6.53. The van der Waals surface area contributed by atoms with E-state index in [1.165, 1.54) is 0 Å². The van der Waals surface area contributed by atoms with Crippen molar-refractivity contribution in [3.8, 4) is 0 Å². The number of ether oxygens (including phenoxy) is 2. The maximum atomic E-state index is 12.0. The lowest BCUT2D eigenvalue weighted by molar-refractivity contribution is -0.159. The van der Waals surface area contributed by atoms with E-state index in [-0.39, 0.29) is 13.2 Å². The molecule has 0 bridgehead atoms. The lowest BCUT2D eigenvalue weighted by atomic mass is 9.95. The molecule has 6 heteroatoms. The highest BCUT2D eigenvalue weighted by atomic mass is 79.9. The van der Waals surface area contributed by atoms with E-state index in [1.54, 1.807) is 38.1 Å². The van der Waals surface area contributed by atoms with Crippen molar-refractivity contribution in [2.24, 2.45) is 0 Å². The lowest BCUT2D eigenvalue weighted by Gasteiger charge is -2.14. The number of rotatable bonds is 6. The van der Waals surface area contributed by atoms with E-state index < -0.39 is 23.6 Å². The molecule has 0 amide bonds. The second kappa shape index (κ2) is 7.79. The van der Waals surface area contributed by atoms with Gasteiger partial charge in [0.1, 0.15) is 0 Å². The summed E-state index contributed by atoms with van der Waals surface area (Å²) in [5, 5.41) is 0. The maximum absolute atomic E-state index is 12.0. The Balaban J connectivity index is 3.08. The van der Waals surface area contributed by atoms with Gasteiger partial charge in [-0.15, -0.1) is 0 Å². The standard InChI is InChI=1S/C14H15BrO5/c1-3-19-13(17)11(12(16)14(18)20-4-2)9-5-7-10(15)8-6-9/h5-8,11H,3-4H2,1-2H3/t11-/m1/s1. The number of hydrogen-bond acceptors (Lipinski definition) is 5. The van der Waals surface area contributed by atoms with Crippen LogP contribution >= 0.6 is 15.9 Å². The number of carbonyl (C=O) groups is 3. The van der Waals surface area contributed by atoms with Crippen molar-refractivity contribution in [3.63, 3.8) is 0 Å². The van der Waals surface area contributed by atoms with E-state index in [0.29, 0.717) is 5.56 Å². The highest BCUT2D eigenvalue weighted by Gasteiger charge is 2.35. The third-order valence-electron chi connectivity index (χ3n) is 2.46. The van der Waals surface area contributed by atoms with Gasteiger partial charge in [0.15, 0.2) is 5.92 Å². The molecule has 0 aliphatic carbocycles. The normalized spacial score (nSPS) is 11.6. The minimum absolute atomic E-state index is 0.0699. The van der Waals surface area contributed by atoms with Crippen LogP contribution in [0.1, 0.15) is 25.3 Å². The highest BCUT2D eigenvalue weighted by Crippen LogP contribution is 2.22. The fourth-order valence-electron chi connectivity index (χ4n) is 1.60. The van der Waals surface area contributed by atoms with Gasteiger partial charge in [0.25, 0.3) is 5.78 Å². The molecule has 0 N–H and O–H groups in total. The van der Waals surface area contributed by atoms with E-state index in [1.807, 2.05) is 0 Å². The first-order chi connectivity index (χ1) is 9.51. The number of esters is 2. The quantitative estimate of drug-likeness (QED) is 0.450. The fraction of sp³-hybridized carbons (Fsp3) is 0.357. The van der Waals surface area contributed by atoms with Gasteiger partial charge in [-0.3, -0.25) is 9.59 Å². The molecule has 1 rings (SSSR count). The molecule has 0 saturated carbocycles. The van der Waals surface area contributed by atoms with Crippen LogP contribution in [0.25, 0.3) is 0 Å². The molecule has 20 heavy (non-hydrogen) atoms. The van der Waals surface area contributed by atoms with Gasteiger partial charge in [-0.1, -0.05) is 28.1 Å². The zero-order valence-electron chi connectivity index (χ0n) is 11.2. The SMILES string of the molecule is CCOC(=O)C(=O)[C@H](C(=O)OCC)c1ccc(Br)cc1. The van der Waals surface area contributed by atoms with Gasteiger partial charge in [0, 0.05) is 4.47 Å². The summed E-state index contributed by atoms with van der Waals surface area (Å²) < 4.78 is 10.3. The van der Waals surface area contributed by atoms with Crippen molar-refractivity contribution in [2.45, 2.75) is 19.8 Å². The second-order valence-corrected chi connectivity index (χ2v) is 4.74. The van der Waals surface area contributed by atoms with Gasteiger partial charge in [0.05, 0.1) is 13.2 Å². The summed E-state index contributed by atoms with van der Waals surface area (Å²) in [5.41, 5.74) is 0.393. The summed E-state index contributed by atoms with van der Waals surface area (Å²) >= 11 is 3.26. The van der Waals surface area contributed by atoms with Crippen LogP contribution in [0.2, 0.25) is 0 Å². The molecule has 0 saturated heterocycles. The highest BCUT2D eigenvalue weighted by molar-refractivity contribution is 9.10.